The van der Waals surface area contributed by atoms with Crippen LogP contribution >= 0.6 is 22.6 Å². The lowest BCUT2D eigenvalue weighted by molar-refractivity contribution is -0.141. The molecule has 0 radical (unpaired) electrons. The van der Waals surface area contributed by atoms with E-state index in [9.17, 15) is 9.90 Å². The lowest BCUT2D eigenvalue weighted by atomic mass is 9.97. The first-order valence-electron chi connectivity index (χ1n) is 7.75. The van der Waals surface area contributed by atoms with Crippen LogP contribution in [0.2, 0.25) is 0 Å². The van der Waals surface area contributed by atoms with Gasteiger partial charge in [0.05, 0.1) is 25.4 Å². The number of carbonyl (C=O) groups excluding carboxylic acids is 1. The van der Waals surface area contributed by atoms with Gasteiger partial charge in [-0.2, -0.15) is 0 Å². The van der Waals surface area contributed by atoms with Crippen LogP contribution in [0.3, 0.4) is 0 Å². The Hall–Kier alpha value is -0.400. The quantitative estimate of drug-likeness (QED) is 0.349. The number of aliphatic hydroxyl groups excluding tert-OH is 1. The minimum absolute atomic E-state index is 0.00425. The van der Waals surface area contributed by atoms with E-state index in [1.54, 1.807) is 0 Å². The van der Waals surface area contributed by atoms with Gasteiger partial charge in [-0.3, -0.25) is 4.79 Å². The topological polar surface area (TPSA) is 55.8 Å². The molecule has 0 aromatic rings. The molecule has 4 atom stereocenters. The van der Waals surface area contributed by atoms with Crippen molar-refractivity contribution in [2.24, 2.45) is 5.92 Å². The molecule has 0 bridgehead atoms. The molecule has 1 aliphatic rings. The Bertz CT molecular complexity index is 407. The summed E-state index contributed by atoms with van der Waals surface area (Å²) in [6.07, 6.45) is 3.72. The van der Waals surface area contributed by atoms with Crippen molar-refractivity contribution >= 4 is 28.6 Å². The molecule has 0 aliphatic carbocycles. The van der Waals surface area contributed by atoms with Crippen molar-refractivity contribution in [2.75, 3.05) is 7.11 Å². The van der Waals surface area contributed by atoms with Crippen LogP contribution in [0.5, 0.6) is 0 Å². The molecule has 1 heterocycles. The van der Waals surface area contributed by atoms with Gasteiger partial charge >= 0.3 is 5.97 Å². The molecule has 0 unspecified atom stereocenters. The Morgan fingerprint density at radius 3 is 2.82 bits per heavy atom. The molecule has 4 nitrogen and oxygen atoms in total. The predicted octanol–water partition coefficient (Wildman–Crippen LogP) is 3.77. The fourth-order valence-electron chi connectivity index (χ4n) is 2.62. The number of carbonyl (C=O) groups is 1. The van der Waals surface area contributed by atoms with Crippen LogP contribution in [0, 0.1) is 5.92 Å². The Morgan fingerprint density at radius 2 is 2.23 bits per heavy atom. The first-order valence-corrected chi connectivity index (χ1v) is 8.83. The highest BCUT2D eigenvalue weighted by Gasteiger charge is 2.29. The lowest BCUT2D eigenvalue weighted by Crippen LogP contribution is -2.17. The number of methoxy groups -OCH3 is 1. The molecule has 5 heteroatoms. The standard InChI is InChI=1S/C17H27IO4/c1-11(13(3)18)9-14(19)5-7-16-12(2)10-15(22-16)6-8-17(20)21-4/h11,14-16,19H,2-3,5-10H2,1,4H3/t11-,14-,15+,16+/m1/s1. The van der Waals surface area contributed by atoms with E-state index in [2.05, 4.69) is 47.4 Å². The third-order valence-electron chi connectivity index (χ3n) is 4.12. The third-order valence-corrected chi connectivity index (χ3v) is 5.19. The largest absolute Gasteiger partial charge is 0.469 e. The van der Waals surface area contributed by atoms with Gasteiger partial charge in [0.2, 0.25) is 0 Å². The molecule has 1 N–H and O–H groups in total. The van der Waals surface area contributed by atoms with E-state index < -0.39 is 0 Å². The Labute approximate surface area is 147 Å². The molecular formula is C17H27IO4. The second-order valence-corrected chi connectivity index (χ2v) is 7.42. The van der Waals surface area contributed by atoms with Gasteiger partial charge < -0.3 is 14.6 Å². The van der Waals surface area contributed by atoms with Crippen LogP contribution in [-0.2, 0) is 14.3 Å². The average molecular weight is 422 g/mol. The highest BCUT2D eigenvalue weighted by atomic mass is 127. The van der Waals surface area contributed by atoms with Crippen LogP contribution in [0.25, 0.3) is 0 Å². The zero-order valence-electron chi connectivity index (χ0n) is 13.5. The summed E-state index contributed by atoms with van der Waals surface area (Å²) in [7, 11) is 1.40. The van der Waals surface area contributed by atoms with Crippen molar-refractivity contribution in [1.29, 1.82) is 0 Å². The molecule has 0 spiro atoms. The maximum atomic E-state index is 11.2. The second-order valence-electron chi connectivity index (χ2n) is 6.04. The molecule has 1 fully saturated rings. The molecule has 0 saturated carbocycles. The van der Waals surface area contributed by atoms with Crippen LogP contribution in [0.1, 0.15) is 45.4 Å². The summed E-state index contributed by atoms with van der Waals surface area (Å²) < 4.78 is 11.6. The van der Waals surface area contributed by atoms with Crippen LogP contribution in [0.15, 0.2) is 22.3 Å². The number of aliphatic hydroxyl groups is 1. The van der Waals surface area contributed by atoms with Gasteiger partial charge in [0, 0.05) is 6.42 Å². The van der Waals surface area contributed by atoms with Gasteiger partial charge in [0.25, 0.3) is 0 Å². The van der Waals surface area contributed by atoms with E-state index in [-0.39, 0.29) is 24.3 Å². The van der Waals surface area contributed by atoms with Crippen molar-refractivity contribution < 1.29 is 19.4 Å². The van der Waals surface area contributed by atoms with Gasteiger partial charge in [-0.25, -0.2) is 0 Å². The summed E-state index contributed by atoms with van der Waals surface area (Å²) in [6, 6.07) is 0. The molecular weight excluding hydrogens is 395 g/mol. The van der Waals surface area contributed by atoms with E-state index in [0.717, 1.165) is 28.4 Å². The summed E-state index contributed by atoms with van der Waals surface area (Å²) in [6.45, 7) is 10.0. The van der Waals surface area contributed by atoms with Crippen LogP contribution in [0.4, 0.5) is 0 Å². The minimum atomic E-state index is -0.341. The fourth-order valence-corrected chi connectivity index (χ4v) is 2.88. The second kappa shape index (κ2) is 9.67. The first-order chi connectivity index (χ1) is 10.3. The molecule has 1 rings (SSSR count). The van der Waals surface area contributed by atoms with Gasteiger partial charge in [-0.15, -0.1) is 0 Å². The van der Waals surface area contributed by atoms with Gasteiger partial charge in [-0.1, -0.05) is 20.1 Å². The Kier molecular flexibility index (Phi) is 8.64. The average Bonchev–Trinajstić information content (AvgIpc) is 2.82. The van der Waals surface area contributed by atoms with Crippen molar-refractivity contribution in [1.82, 2.24) is 0 Å². The number of allylic oxidation sites excluding steroid dienone is 1. The van der Waals surface area contributed by atoms with Crippen molar-refractivity contribution in [2.45, 2.75) is 63.8 Å². The molecule has 0 amide bonds. The van der Waals surface area contributed by atoms with Crippen molar-refractivity contribution in [3.63, 3.8) is 0 Å². The Balaban J connectivity index is 2.30. The number of ether oxygens (including phenoxy) is 2. The number of hydrogen-bond donors (Lipinski definition) is 1. The third kappa shape index (κ3) is 6.79. The number of hydrogen-bond acceptors (Lipinski definition) is 4. The van der Waals surface area contributed by atoms with Crippen molar-refractivity contribution in [3.05, 3.63) is 22.3 Å². The zero-order chi connectivity index (χ0) is 16.7. The van der Waals surface area contributed by atoms with E-state index in [1.165, 1.54) is 7.11 Å². The summed E-state index contributed by atoms with van der Waals surface area (Å²) >= 11 is 2.21. The molecule has 0 aromatic carbocycles. The van der Waals surface area contributed by atoms with Crippen LogP contribution in [-0.4, -0.2) is 36.5 Å². The van der Waals surface area contributed by atoms with E-state index in [4.69, 9.17) is 4.74 Å². The monoisotopic (exact) mass is 422 g/mol. The summed E-state index contributed by atoms with van der Waals surface area (Å²) in [4.78, 5) is 11.2. The fraction of sp³-hybridized carbons (Fsp3) is 0.706. The zero-order valence-corrected chi connectivity index (χ0v) is 15.7. The molecule has 126 valence electrons. The smallest absolute Gasteiger partial charge is 0.305 e. The van der Waals surface area contributed by atoms with E-state index in [1.807, 2.05) is 0 Å². The number of rotatable bonds is 9. The van der Waals surface area contributed by atoms with Crippen LogP contribution < -0.4 is 0 Å². The maximum absolute atomic E-state index is 11.2. The number of esters is 1. The Morgan fingerprint density at radius 1 is 1.55 bits per heavy atom. The predicted molar refractivity (Wildman–Crippen MR) is 95.8 cm³/mol. The highest BCUT2D eigenvalue weighted by Crippen LogP contribution is 2.31. The molecule has 0 aromatic heterocycles. The number of halogens is 1. The normalized spacial score (nSPS) is 24.1. The van der Waals surface area contributed by atoms with Crippen molar-refractivity contribution in [3.8, 4) is 0 Å². The summed E-state index contributed by atoms with van der Waals surface area (Å²) in [5.41, 5.74) is 1.06. The summed E-state index contributed by atoms with van der Waals surface area (Å²) in [5, 5.41) is 10.1. The first kappa shape index (κ1) is 19.6. The molecule has 1 aliphatic heterocycles. The highest BCUT2D eigenvalue weighted by molar-refractivity contribution is 14.1. The lowest BCUT2D eigenvalue weighted by Gasteiger charge is -2.18. The van der Waals surface area contributed by atoms with Gasteiger partial charge in [-0.05, 0) is 69.8 Å². The van der Waals surface area contributed by atoms with Gasteiger partial charge in [0.1, 0.15) is 0 Å². The minimum Gasteiger partial charge on any atom is -0.469 e. The maximum Gasteiger partial charge on any atom is 0.305 e. The van der Waals surface area contributed by atoms with E-state index in [0.29, 0.717) is 25.2 Å². The molecule has 22 heavy (non-hydrogen) atoms. The SMILES string of the molecule is C=C(I)[C@H](C)C[C@H](O)CC[C@@H]1O[C@@H](CCC(=O)OC)CC1=C. The van der Waals surface area contributed by atoms with E-state index >= 15 is 0 Å². The molecule has 1 saturated heterocycles. The summed E-state index contributed by atoms with van der Waals surface area (Å²) in [5.74, 6) is 0.109. The van der Waals surface area contributed by atoms with Gasteiger partial charge in [0.15, 0.2) is 0 Å².